The van der Waals surface area contributed by atoms with Crippen LogP contribution >= 0.6 is 0 Å². The number of β-amino-alcohol motifs (C(OH)–C–C–N with tert-alkyl or cyclic N) is 2. The average molecular weight is 543 g/mol. The van der Waals surface area contributed by atoms with E-state index in [9.17, 15) is 18.6 Å². The standard InChI is InChI=1S/C32H34N2O4S/c1-23-9-7-13-25(17-23)29-15-5-3-11-27(29)19-33-21-31(35)32(36)22-34(39(33,37)38)20-28-12-4-6-16-30(28)26-14-8-10-24(2)18-26/h3-18,31-32,35-36H,19-22H2,1-2H3/t31-,32-/m0/s1. The van der Waals surface area contributed by atoms with Crippen LogP contribution < -0.4 is 0 Å². The van der Waals surface area contributed by atoms with E-state index in [1.165, 1.54) is 8.61 Å². The second-order valence-electron chi connectivity index (χ2n) is 10.3. The van der Waals surface area contributed by atoms with Crippen molar-refractivity contribution in [1.82, 2.24) is 8.61 Å². The Bertz CT molecular complexity index is 1460. The maximum Gasteiger partial charge on any atom is 0.282 e. The molecule has 0 saturated carbocycles. The van der Waals surface area contributed by atoms with Gasteiger partial charge >= 0.3 is 0 Å². The molecule has 39 heavy (non-hydrogen) atoms. The molecule has 0 spiro atoms. The van der Waals surface area contributed by atoms with Crippen molar-refractivity contribution in [2.45, 2.75) is 39.1 Å². The van der Waals surface area contributed by atoms with Crippen molar-refractivity contribution in [3.05, 3.63) is 119 Å². The zero-order chi connectivity index (χ0) is 27.6. The summed E-state index contributed by atoms with van der Waals surface area (Å²) in [5, 5.41) is 21.5. The molecule has 1 aliphatic heterocycles. The highest BCUT2D eigenvalue weighted by atomic mass is 32.2. The van der Waals surface area contributed by atoms with Gasteiger partial charge in [0.2, 0.25) is 0 Å². The third-order valence-electron chi connectivity index (χ3n) is 7.26. The number of aliphatic hydroxyl groups is 2. The van der Waals surface area contributed by atoms with E-state index in [-0.39, 0.29) is 26.2 Å². The number of rotatable bonds is 6. The Labute approximate surface area is 231 Å². The quantitative estimate of drug-likeness (QED) is 0.362. The third kappa shape index (κ3) is 5.98. The van der Waals surface area contributed by atoms with E-state index in [0.717, 1.165) is 44.5 Å². The normalized spacial score (nSPS) is 20.0. The van der Waals surface area contributed by atoms with E-state index in [0.29, 0.717) is 0 Å². The molecular formula is C32H34N2O4S. The highest BCUT2D eigenvalue weighted by Gasteiger charge is 2.39. The predicted molar refractivity (Wildman–Crippen MR) is 155 cm³/mol. The van der Waals surface area contributed by atoms with Crippen molar-refractivity contribution in [2.75, 3.05) is 13.1 Å². The van der Waals surface area contributed by atoms with Crippen molar-refractivity contribution in [2.24, 2.45) is 0 Å². The van der Waals surface area contributed by atoms with Crippen LogP contribution in [0.15, 0.2) is 97.1 Å². The van der Waals surface area contributed by atoms with Gasteiger partial charge in [0.1, 0.15) is 0 Å². The molecule has 1 aliphatic rings. The molecule has 6 nitrogen and oxygen atoms in total. The van der Waals surface area contributed by atoms with Crippen LogP contribution in [0.3, 0.4) is 0 Å². The van der Waals surface area contributed by atoms with E-state index < -0.39 is 22.4 Å². The molecule has 202 valence electrons. The summed E-state index contributed by atoms with van der Waals surface area (Å²) in [5.74, 6) is 0. The number of aryl methyl sites for hydroxylation is 2. The van der Waals surface area contributed by atoms with Gasteiger partial charge in [-0.15, -0.1) is 0 Å². The van der Waals surface area contributed by atoms with Gasteiger partial charge < -0.3 is 10.2 Å². The largest absolute Gasteiger partial charge is 0.389 e. The molecule has 5 rings (SSSR count). The number of aliphatic hydroxyl groups excluding tert-OH is 2. The first-order valence-corrected chi connectivity index (χ1v) is 14.5. The molecule has 2 N–H and O–H groups in total. The molecule has 0 radical (unpaired) electrons. The summed E-state index contributed by atoms with van der Waals surface area (Å²) in [7, 11) is -4.03. The lowest BCUT2D eigenvalue weighted by atomic mass is 9.98. The molecule has 0 aliphatic carbocycles. The summed E-state index contributed by atoms with van der Waals surface area (Å²) in [6.45, 7) is 3.81. The van der Waals surface area contributed by atoms with Crippen LogP contribution in [0.5, 0.6) is 0 Å². The third-order valence-corrected chi connectivity index (χ3v) is 9.13. The van der Waals surface area contributed by atoms with Gasteiger partial charge in [-0.05, 0) is 47.2 Å². The van der Waals surface area contributed by atoms with Gasteiger partial charge in [0, 0.05) is 26.2 Å². The number of hydrogen-bond acceptors (Lipinski definition) is 4. The lowest BCUT2D eigenvalue weighted by Gasteiger charge is -2.28. The zero-order valence-corrected chi connectivity index (χ0v) is 23.1. The Morgan fingerprint density at radius 2 is 1.05 bits per heavy atom. The second kappa shape index (κ2) is 11.4. The zero-order valence-electron chi connectivity index (χ0n) is 22.2. The van der Waals surface area contributed by atoms with Crippen LogP contribution in [-0.4, -0.2) is 52.5 Å². The van der Waals surface area contributed by atoms with Gasteiger partial charge in [-0.2, -0.15) is 17.0 Å². The average Bonchev–Trinajstić information content (AvgIpc) is 2.99. The van der Waals surface area contributed by atoms with Crippen molar-refractivity contribution < 1.29 is 18.6 Å². The van der Waals surface area contributed by atoms with Gasteiger partial charge in [-0.3, -0.25) is 0 Å². The Morgan fingerprint density at radius 3 is 1.46 bits per heavy atom. The first kappa shape index (κ1) is 27.2. The highest BCUT2D eigenvalue weighted by Crippen LogP contribution is 2.31. The fraction of sp³-hybridized carbons (Fsp3) is 0.250. The summed E-state index contributed by atoms with van der Waals surface area (Å²) < 4.78 is 30.7. The molecular weight excluding hydrogens is 508 g/mol. The smallest absolute Gasteiger partial charge is 0.282 e. The van der Waals surface area contributed by atoms with E-state index in [2.05, 4.69) is 12.1 Å². The van der Waals surface area contributed by atoms with Crippen molar-refractivity contribution >= 4 is 10.2 Å². The molecule has 4 aromatic carbocycles. The van der Waals surface area contributed by atoms with Crippen LogP contribution in [0.4, 0.5) is 0 Å². The first-order valence-electron chi connectivity index (χ1n) is 13.1. The van der Waals surface area contributed by atoms with E-state index in [1.54, 1.807) is 0 Å². The first-order chi connectivity index (χ1) is 18.7. The summed E-state index contributed by atoms with van der Waals surface area (Å²) in [5.41, 5.74) is 7.76. The van der Waals surface area contributed by atoms with E-state index in [4.69, 9.17) is 0 Å². The number of nitrogens with zero attached hydrogens (tertiary/aromatic N) is 2. The van der Waals surface area contributed by atoms with Gasteiger partial charge in [-0.1, -0.05) is 108 Å². The molecule has 1 heterocycles. The number of hydrogen-bond donors (Lipinski definition) is 2. The molecule has 1 fully saturated rings. The molecule has 7 heteroatoms. The Balaban J connectivity index is 1.50. The van der Waals surface area contributed by atoms with Gasteiger partial charge in [-0.25, -0.2) is 0 Å². The topological polar surface area (TPSA) is 81.1 Å². The van der Waals surface area contributed by atoms with Crippen LogP contribution in [0.1, 0.15) is 22.3 Å². The maximum atomic E-state index is 14.1. The molecule has 0 aromatic heterocycles. The molecule has 0 unspecified atom stereocenters. The summed E-state index contributed by atoms with van der Waals surface area (Å²) in [6.07, 6.45) is -2.41. The monoisotopic (exact) mass is 542 g/mol. The minimum absolute atomic E-state index is 0.0757. The number of benzene rings is 4. The Kier molecular flexibility index (Phi) is 7.98. The highest BCUT2D eigenvalue weighted by molar-refractivity contribution is 7.86. The predicted octanol–water partition coefficient (Wildman–Crippen LogP) is 4.92. The summed E-state index contributed by atoms with van der Waals surface area (Å²) in [4.78, 5) is 0. The fourth-order valence-electron chi connectivity index (χ4n) is 5.19. The Hall–Kier alpha value is -3.33. The van der Waals surface area contributed by atoms with Crippen LogP contribution in [0.2, 0.25) is 0 Å². The van der Waals surface area contributed by atoms with Gasteiger partial charge in [0.15, 0.2) is 0 Å². The molecule has 1 saturated heterocycles. The lowest BCUT2D eigenvalue weighted by Crippen LogP contribution is -2.42. The maximum absolute atomic E-state index is 14.1. The Morgan fingerprint density at radius 1 is 0.641 bits per heavy atom. The van der Waals surface area contributed by atoms with Crippen molar-refractivity contribution in [3.8, 4) is 22.3 Å². The van der Waals surface area contributed by atoms with E-state index >= 15 is 0 Å². The fourth-order valence-corrected chi connectivity index (χ4v) is 6.80. The van der Waals surface area contributed by atoms with Crippen molar-refractivity contribution in [1.29, 1.82) is 0 Å². The SMILES string of the molecule is Cc1cccc(-c2ccccc2CN2C[C@H](O)[C@@H](O)CN(Cc3ccccc3-c3cccc(C)c3)S2(=O)=O)c1. The molecule has 0 bridgehead atoms. The summed E-state index contributed by atoms with van der Waals surface area (Å²) >= 11 is 0. The molecule has 0 amide bonds. The minimum atomic E-state index is -4.03. The summed E-state index contributed by atoms with van der Waals surface area (Å²) in [6, 6.07) is 31.6. The van der Waals surface area contributed by atoms with Crippen LogP contribution in [0.25, 0.3) is 22.3 Å². The van der Waals surface area contributed by atoms with Gasteiger partial charge in [0.05, 0.1) is 12.2 Å². The van der Waals surface area contributed by atoms with Crippen molar-refractivity contribution in [3.63, 3.8) is 0 Å². The van der Waals surface area contributed by atoms with E-state index in [1.807, 2.05) is 98.8 Å². The second-order valence-corrected chi connectivity index (χ2v) is 12.2. The molecule has 2 atom stereocenters. The van der Waals surface area contributed by atoms with Gasteiger partial charge in [0.25, 0.3) is 10.2 Å². The van der Waals surface area contributed by atoms with Crippen LogP contribution in [-0.2, 0) is 23.3 Å². The lowest BCUT2D eigenvalue weighted by molar-refractivity contribution is 0.00890. The van der Waals surface area contributed by atoms with Crippen LogP contribution in [0, 0.1) is 13.8 Å². The molecule has 4 aromatic rings. The minimum Gasteiger partial charge on any atom is -0.389 e.